The molecule has 2 fully saturated rings. The van der Waals surface area contributed by atoms with E-state index in [4.69, 9.17) is 21.1 Å². The Morgan fingerprint density at radius 1 is 1.16 bits per heavy atom. The highest BCUT2D eigenvalue weighted by Crippen LogP contribution is 2.28. The lowest BCUT2D eigenvalue weighted by molar-refractivity contribution is -0.137. The summed E-state index contributed by atoms with van der Waals surface area (Å²) >= 11 is 7.15. The van der Waals surface area contributed by atoms with E-state index in [0.717, 1.165) is 5.56 Å². The second-order valence-electron chi connectivity index (χ2n) is 6.81. The van der Waals surface area contributed by atoms with Crippen LogP contribution in [-0.4, -0.2) is 54.8 Å². The fraction of sp³-hybridized carbons (Fsp3) is 0.227. The van der Waals surface area contributed by atoms with Crippen molar-refractivity contribution in [3.05, 3.63) is 64.0 Å². The van der Waals surface area contributed by atoms with Gasteiger partial charge in [-0.3, -0.25) is 9.59 Å². The van der Waals surface area contributed by atoms with Gasteiger partial charge in [-0.1, -0.05) is 23.7 Å². The van der Waals surface area contributed by atoms with Gasteiger partial charge in [0.2, 0.25) is 0 Å². The third kappa shape index (κ3) is 5.88. The molecule has 2 aliphatic heterocycles. The lowest BCUT2D eigenvalue weighted by Gasteiger charge is -2.26. The Morgan fingerprint density at radius 2 is 1.87 bits per heavy atom. The Hall–Kier alpha value is -2.81. The average molecular weight is 458 g/mol. The Balaban J connectivity index is 1.35. The second-order valence-corrected chi connectivity index (χ2v) is 8.28. The summed E-state index contributed by atoms with van der Waals surface area (Å²) in [6, 6.07) is 14.3. The third-order valence-corrected chi connectivity index (χ3v) is 5.77. The smallest absolute Gasteiger partial charge is 0.264 e. The number of rotatable bonds is 5. The molecule has 0 atom stereocenters. The number of ether oxygens (including phenoxy) is 2. The van der Waals surface area contributed by atoms with Crippen molar-refractivity contribution < 1.29 is 19.1 Å². The van der Waals surface area contributed by atoms with Crippen LogP contribution in [0.4, 0.5) is 5.69 Å². The third-order valence-electron chi connectivity index (χ3n) is 4.61. The van der Waals surface area contributed by atoms with E-state index >= 15 is 0 Å². The zero-order chi connectivity index (χ0) is 21.6. The molecular weight excluding hydrogens is 438 g/mol. The molecule has 0 radical (unpaired) electrons. The SMILES string of the molecule is O=C1NC(=Nc2ccc(Cl)cc2)S/C1=C\c1ccc(OCC(=O)N2CCOCC2)cc1. The Morgan fingerprint density at radius 3 is 2.58 bits per heavy atom. The minimum absolute atomic E-state index is 0.0107. The number of aliphatic imine (C=N–C) groups is 1. The molecule has 1 N–H and O–H groups in total. The molecule has 2 aromatic carbocycles. The predicted molar refractivity (Wildman–Crippen MR) is 122 cm³/mol. The number of nitrogens with one attached hydrogen (secondary N) is 1. The number of carbonyl (C=O) groups excluding carboxylic acids is 2. The van der Waals surface area contributed by atoms with Gasteiger partial charge in [-0.2, -0.15) is 0 Å². The summed E-state index contributed by atoms with van der Waals surface area (Å²) in [5.74, 6) is 0.340. The first-order chi connectivity index (χ1) is 15.1. The maximum absolute atomic E-state index is 12.3. The van der Waals surface area contributed by atoms with E-state index in [0.29, 0.717) is 52.8 Å². The Kier molecular flexibility index (Phi) is 6.91. The van der Waals surface area contributed by atoms with Gasteiger partial charge < -0.3 is 19.7 Å². The first kappa shape index (κ1) is 21.4. The maximum Gasteiger partial charge on any atom is 0.264 e. The summed E-state index contributed by atoms with van der Waals surface area (Å²) in [4.78, 5) is 31.1. The molecule has 0 spiro atoms. The molecule has 31 heavy (non-hydrogen) atoms. The number of nitrogens with zero attached hydrogens (tertiary/aromatic N) is 2. The van der Waals surface area contributed by atoms with Gasteiger partial charge in [-0.05, 0) is 59.8 Å². The Bertz CT molecular complexity index is 1020. The van der Waals surface area contributed by atoms with Crippen molar-refractivity contribution in [2.24, 2.45) is 4.99 Å². The minimum Gasteiger partial charge on any atom is -0.484 e. The summed E-state index contributed by atoms with van der Waals surface area (Å²) in [6.07, 6.45) is 1.78. The zero-order valence-corrected chi connectivity index (χ0v) is 18.1. The first-order valence-electron chi connectivity index (χ1n) is 9.70. The highest BCUT2D eigenvalue weighted by atomic mass is 35.5. The van der Waals surface area contributed by atoms with E-state index in [1.807, 2.05) is 12.1 Å². The molecule has 0 aromatic heterocycles. The van der Waals surface area contributed by atoms with Crippen LogP contribution in [0.1, 0.15) is 5.56 Å². The van der Waals surface area contributed by atoms with Crippen molar-refractivity contribution in [1.82, 2.24) is 10.2 Å². The van der Waals surface area contributed by atoms with Crippen molar-refractivity contribution in [3.8, 4) is 5.75 Å². The number of thioether (sulfide) groups is 1. The van der Waals surface area contributed by atoms with E-state index in [9.17, 15) is 9.59 Å². The van der Waals surface area contributed by atoms with Crippen LogP contribution in [-0.2, 0) is 14.3 Å². The van der Waals surface area contributed by atoms with Crippen LogP contribution in [0.25, 0.3) is 6.08 Å². The van der Waals surface area contributed by atoms with Crippen LogP contribution in [0.3, 0.4) is 0 Å². The monoisotopic (exact) mass is 457 g/mol. The van der Waals surface area contributed by atoms with Gasteiger partial charge in [-0.15, -0.1) is 0 Å². The fourth-order valence-corrected chi connectivity index (χ4v) is 3.94. The lowest BCUT2D eigenvalue weighted by Crippen LogP contribution is -2.42. The van der Waals surface area contributed by atoms with Crippen molar-refractivity contribution in [1.29, 1.82) is 0 Å². The van der Waals surface area contributed by atoms with Gasteiger partial charge in [0.05, 0.1) is 23.8 Å². The van der Waals surface area contributed by atoms with Gasteiger partial charge in [-0.25, -0.2) is 4.99 Å². The molecule has 0 aliphatic carbocycles. The fourth-order valence-electron chi connectivity index (χ4n) is 2.97. The Labute approximate surface area is 189 Å². The molecule has 9 heteroatoms. The quantitative estimate of drug-likeness (QED) is 0.695. The van der Waals surface area contributed by atoms with Gasteiger partial charge in [0.15, 0.2) is 11.8 Å². The van der Waals surface area contributed by atoms with E-state index < -0.39 is 0 Å². The average Bonchev–Trinajstić information content (AvgIpc) is 3.13. The molecule has 160 valence electrons. The molecule has 2 heterocycles. The van der Waals surface area contributed by atoms with Gasteiger partial charge >= 0.3 is 0 Å². The molecule has 0 saturated carbocycles. The normalized spacial score (nSPS) is 19.0. The van der Waals surface area contributed by atoms with E-state index in [2.05, 4.69) is 10.3 Å². The van der Waals surface area contributed by atoms with Crippen LogP contribution in [0.5, 0.6) is 5.75 Å². The van der Waals surface area contributed by atoms with Gasteiger partial charge in [0.1, 0.15) is 5.75 Å². The van der Waals surface area contributed by atoms with Crippen LogP contribution in [0.2, 0.25) is 5.02 Å². The minimum atomic E-state index is -0.200. The van der Waals surface area contributed by atoms with Crippen molar-refractivity contribution >= 4 is 52.1 Å². The van der Waals surface area contributed by atoms with Crippen LogP contribution in [0.15, 0.2) is 58.4 Å². The molecule has 2 aliphatic rings. The highest BCUT2D eigenvalue weighted by Gasteiger charge is 2.23. The molecule has 0 bridgehead atoms. The van der Waals surface area contributed by atoms with Crippen LogP contribution < -0.4 is 10.1 Å². The number of benzene rings is 2. The number of hydrogen-bond donors (Lipinski definition) is 1. The van der Waals surface area contributed by atoms with Crippen molar-refractivity contribution in [2.45, 2.75) is 0 Å². The summed E-state index contributed by atoms with van der Waals surface area (Å²) < 4.78 is 10.8. The van der Waals surface area contributed by atoms with Crippen molar-refractivity contribution in [3.63, 3.8) is 0 Å². The van der Waals surface area contributed by atoms with E-state index in [-0.39, 0.29) is 18.4 Å². The van der Waals surface area contributed by atoms with Crippen LogP contribution >= 0.6 is 23.4 Å². The molecule has 0 unspecified atom stereocenters. The summed E-state index contributed by atoms with van der Waals surface area (Å²) in [7, 11) is 0. The molecule has 7 nitrogen and oxygen atoms in total. The largest absolute Gasteiger partial charge is 0.484 e. The topological polar surface area (TPSA) is 80.2 Å². The zero-order valence-electron chi connectivity index (χ0n) is 16.5. The molecular formula is C22H20ClN3O4S. The first-order valence-corrected chi connectivity index (χ1v) is 10.9. The summed E-state index contributed by atoms with van der Waals surface area (Å²) in [5, 5.41) is 3.90. The molecule has 2 saturated heterocycles. The molecule has 4 rings (SSSR count). The lowest BCUT2D eigenvalue weighted by atomic mass is 10.2. The number of amidine groups is 1. The summed E-state index contributed by atoms with van der Waals surface area (Å²) in [6.45, 7) is 2.30. The van der Waals surface area contributed by atoms with Crippen molar-refractivity contribution in [2.75, 3.05) is 32.9 Å². The maximum atomic E-state index is 12.3. The van der Waals surface area contributed by atoms with Crippen LogP contribution in [0, 0.1) is 0 Å². The summed E-state index contributed by atoms with van der Waals surface area (Å²) in [5.41, 5.74) is 1.55. The number of morpholine rings is 1. The molecule has 2 amide bonds. The second kappa shape index (κ2) is 10.00. The number of amides is 2. The standard InChI is InChI=1S/C22H20ClN3O4S/c23-16-3-5-17(6-4-16)24-22-25-21(28)19(31-22)13-15-1-7-18(8-2-15)30-14-20(27)26-9-11-29-12-10-26/h1-8,13H,9-12,14H2,(H,24,25,28)/b19-13-. The number of carbonyl (C=O) groups is 2. The van der Waals surface area contributed by atoms with E-state index in [1.54, 1.807) is 47.4 Å². The highest BCUT2D eigenvalue weighted by molar-refractivity contribution is 8.18. The van der Waals surface area contributed by atoms with Gasteiger partial charge in [0, 0.05) is 18.1 Å². The van der Waals surface area contributed by atoms with E-state index in [1.165, 1.54) is 11.8 Å². The number of halogens is 1. The predicted octanol–water partition coefficient (Wildman–Crippen LogP) is 3.47. The van der Waals surface area contributed by atoms with Gasteiger partial charge in [0.25, 0.3) is 11.8 Å². The number of hydrogen-bond acceptors (Lipinski definition) is 6. The molecule has 2 aromatic rings.